The minimum absolute atomic E-state index is 0.0873. The summed E-state index contributed by atoms with van der Waals surface area (Å²) < 4.78 is 26.2. The molecule has 0 unspecified atom stereocenters. The van der Waals surface area contributed by atoms with Crippen molar-refractivity contribution in [3.8, 4) is 11.5 Å². The molecule has 1 fully saturated rings. The number of carbonyl (C=O) groups is 2. The van der Waals surface area contributed by atoms with Gasteiger partial charge in [0, 0.05) is 15.6 Å². The fraction of sp³-hybridized carbons (Fsp3) is 0.120. The number of hydrogen-bond acceptors (Lipinski definition) is 5. The highest BCUT2D eigenvalue weighted by Crippen LogP contribution is 2.40. The highest BCUT2D eigenvalue weighted by molar-refractivity contribution is 9.10. The summed E-state index contributed by atoms with van der Waals surface area (Å²) in [6.45, 7) is 0.0426. The van der Waals surface area contributed by atoms with Gasteiger partial charge in [-0.15, -0.1) is 0 Å². The van der Waals surface area contributed by atoms with Crippen LogP contribution in [0.15, 0.2) is 64.0 Å². The third-order valence-corrected chi connectivity index (χ3v) is 7.20. The predicted molar refractivity (Wildman–Crippen MR) is 139 cm³/mol. The van der Waals surface area contributed by atoms with Crippen molar-refractivity contribution < 1.29 is 23.5 Å². The van der Waals surface area contributed by atoms with Crippen LogP contribution in [0, 0.1) is 5.82 Å². The topological polar surface area (TPSA) is 55.8 Å². The zero-order valence-corrected chi connectivity index (χ0v) is 22.1. The van der Waals surface area contributed by atoms with Crippen molar-refractivity contribution in [3.05, 3.63) is 96.5 Å². The lowest BCUT2D eigenvalue weighted by Crippen LogP contribution is -2.28. The van der Waals surface area contributed by atoms with E-state index in [1.165, 1.54) is 25.3 Å². The first-order valence-electron chi connectivity index (χ1n) is 10.2. The van der Waals surface area contributed by atoms with Gasteiger partial charge >= 0.3 is 0 Å². The fourth-order valence-corrected chi connectivity index (χ4v) is 5.09. The van der Waals surface area contributed by atoms with Crippen LogP contribution in [0.5, 0.6) is 11.5 Å². The molecule has 3 aromatic rings. The van der Waals surface area contributed by atoms with E-state index in [1.54, 1.807) is 30.3 Å². The van der Waals surface area contributed by atoms with Gasteiger partial charge in [-0.3, -0.25) is 14.5 Å². The number of thioether (sulfide) groups is 1. The van der Waals surface area contributed by atoms with E-state index < -0.39 is 17.0 Å². The van der Waals surface area contributed by atoms with Crippen molar-refractivity contribution in [3.63, 3.8) is 0 Å². The highest BCUT2D eigenvalue weighted by Gasteiger charge is 2.36. The Bertz CT molecular complexity index is 1310. The molecule has 0 atom stereocenters. The molecule has 0 radical (unpaired) electrons. The van der Waals surface area contributed by atoms with Crippen LogP contribution in [0.2, 0.25) is 10.0 Å². The van der Waals surface area contributed by atoms with Crippen molar-refractivity contribution in [2.45, 2.75) is 13.2 Å². The summed E-state index contributed by atoms with van der Waals surface area (Å²) in [7, 11) is 1.51. The van der Waals surface area contributed by atoms with Crippen molar-refractivity contribution in [1.29, 1.82) is 0 Å². The first kappa shape index (κ1) is 25.6. The van der Waals surface area contributed by atoms with Crippen molar-refractivity contribution >= 4 is 68.1 Å². The smallest absolute Gasteiger partial charge is 0.293 e. The summed E-state index contributed by atoms with van der Waals surface area (Å²) in [5, 5.41) is 0.281. The Labute approximate surface area is 223 Å². The lowest BCUT2D eigenvalue weighted by Gasteiger charge is -2.14. The quantitative estimate of drug-likeness (QED) is 0.261. The van der Waals surface area contributed by atoms with Gasteiger partial charge in [0.15, 0.2) is 11.5 Å². The standard InChI is InChI=1S/C25H17BrCl2FNO4S/c1-33-21-10-15(9-18(26)23(21)34-13-14-5-7-16(27)8-6-14)11-22-24(31)30(25(32)35-22)12-17-19(28)3-2-4-20(17)29/h2-11H,12-13H2,1H3/b22-11+. The molecule has 0 spiro atoms. The van der Waals surface area contributed by atoms with Crippen LogP contribution in [0.1, 0.15) is 16.7 Å². The van der Waals surface area contributed by atoms with E-state index in [-0.39, 0.29) is 22.0 Å². The minimum atomic E-state index is -0.580. The van der Waals surface area contributed by atoms with Crippen LogP contribution < -0.4 is 9.47 Å². The zero-order chi connectivity index (χ0) is 25.1. The Kier molecular flexibility index (Phi) is 8.06. The number of carbonyl (C=O) groups excluding carboxylic acids is 2. The van der Waals surface area contributed by atoms with Crippen LogP contribution in [-0.2, 0) is 17.9 Å². The number of benzene rings is 3. The molecule has 1 saturated heterocycles. The second kappa shape index (κ2) is 11.0. The van der Waals surface area contributed by atoms with E-state index in [1.807, 2.05) is 12.1 Å². The van der Waals surface area contributed by atoms with E-state index in [0.29, 0.717) is 33.2 Å². The van der Waals surface area contributed by atoms with Crippen LogP contribution >= 0.6 is 50.9 Å². The molecule has 1 heterocycles. The average molecular weight is 597 g/mol. The summed E-state index contributed by atoms with van der Waals surface area (Å²) in [5.41, 5.74) is 1.63. The minimum Gasteiger partial charge on any atom is -0.493 e. The van der Waals surface area contributed by atoms with Gasteiger partial charge < -0.3 is 9.47 Å². The Balaban J connectivity index is 1.54. The number of ether oxygens (including phenoxy) is 2. The van der Waals surface area contributed by atoms with Crippen LogP contribution in [-0.4, -0.2) is 23.2 Å². The molecule has 0 N–H and O–H groups in total. The van der Waals surface area contributed by atoms with Gasteiger partial charge in [0.1, 0.15) is 12.4 Å². The zero-order valence-electron chi connectivity index (χ0n) is 18.2. The Hall–Kier alpha value is -2.52. The van der Waals surface area contributed by atoms with Gasteiger partial charge in [0.25, 0.3) is 11.1 Å². The maximum absolute atomic E-state index is 14.2. The monoisotopic (exact) mass is 595 g/mol. The number of rotatable bonds is 7. The average Bonchev–Trinajstić information content (AvgIpc) is 3.08. The number of methoxy groups -OCH3 is 1. The molecule has 2 amide bonds. The molecule has 1 aliphatic heterocycles. The highest BCUT2D eigenvalue weighted by atomic mass is 79.9. The van der Waals surface area contributed by atoms with Crippen LogP contribution in [0.4, 0.5) is 9.18 Å². The van der Waals surface area contributed by atoms with Crippen molar-refractivity contribution in [2.24, 2.45) is 0 Å². The summed E-state index contributed by atoms with van der Waals surface area (Å²) in [5.74, 6) is -0.181. The van der Waals surface area contributed by atoms with Gasteiger partial charge in [0.05, 0.1) is 23.0 Å². The first-order chi connectivity index (χ1) is 16.8. The molecular weight excluding hydrogens is 580 g/mol. The number of nitrogens with zero attached hydrogens (tertiary/aromatic N) is 1. The molecule has 3 aromatic carbocycles. The summed E-state index contributed by atoms with van der Waals surface area (Å²) in [4.78, 5) is 26.6. The molecule has 1 aliphatic rings. The van der Waals surface area contributed by atoms with E-state index in [9.17, 15) is 14.0 Å². The maximum Gasteiger partial charge on any atom is 0.293 e. The van der Waals surface area contributed by atoms with Gasteiger partial charge in [0.2, 0.25) is 0 Å². The second-order valence-corrected chi connectivity index (χ2v) is 10.1. The Morgan fingerprint density at radius 3 is 2.54 bits per heavy atom. The van der Waals surface area contributed by atoms with Gasteiger partial charge in [-0.1, -0.05) is 41.4 Å². The van der Waals surface area contributed by atoms with Gasteiger partial charge in [-0.05, 0) is 81.3 Å². The summed E-state index contributed by atoms with van der Waals surface area (Å²) >= 11 is 16.3. The Morgan fingerprint density at radius 2 is 1.86 bits per heavy atom. The Morgan fingerprint density at radius 1 is 1.11 bits per heavy atom. The number of imide groups is 1. The fourth-order valence-electron chi connectivity index (χ4n) is 3.33. The number of halogens is 4. The van der Waals surface area contributed by atoms with E-state index in [0.717, 1.165) is 22.2 Å². The SMILES string of the molecule is COc1cc(/C=C2/SC(=O)N(Cc3c(F)cccc3Cl)C2=O)cc(Br)c1OCc1ccc(Cl)cc1. The normalized spacial score (nSPS) is 14.7. The number of hydrogen-bond donors (Lipinski definition) is 0. The molecule has 5 nitrogen and oxygen atoms in total. The third kappa shape index (κ3) is 5.83. The largest absolute Gasteiger partial charge is 0.493 e. The molecular formula is C25H17BrCl2FNO4S. The summed E-state index contributed by atoms with van der Waals surface area (Å²) in [6.07, 6.45) is 1.57. The molecule has 0 bridgehead atoms. The van der Waals surface area contributed by atoms with Gasteiger partial charge in [-0.25, -0.2) is 4.39 Å². The molecule has 0 saturated carbocycles. The van der Waals surface area contributed by atoms with Gasteiger partial charge in [-0.2, -0.15) is 0 Å². The lowest BCUT2D eigenvalue weighted by atomic mass is 10.1. The molecule has 180 valence electrons. The maximum atomic E-state index is 14.2. The van der Waals surface area contributed by atoms with E-state index >= 15 is 0 Å². The second-order valence-electron chi connectivity index (χ2n) is 7.42. The molecule has 0 aliphatic carbocycles. The van der Waals surface area contributed by atoms with Crippen LogP contribution in [0.3, 0.4) is 0 Å². The molecule has 35 heavy (non-hydrogen) atoms. The lowest BCUT2D eigenvalue weighted by molar-refractivity contribution is -0.123. The summed E-state index contributed by atoms with van der Waals surface area (Å²) in [6, 6.07) is 14.9. The van der Waals surface area contributed by atoms with E-state index in [2.05, 4.69) is 15.9 Å². The third-order valence-electron chi connectivity index (χ3n) is 5.10. The molecule has 10 heteroatoms. The van der Waals surface area contributed by atoms with Crippen molar-refractivity contribution in [1.82, 2.24) is 4.90 Å². The first-order valence-corrected chi connectivity index (χ1v) is 12.6. The number of amides is 2. The molecule has 4 rings (SSSR count). The van der Waals surface area contributed by atoms with E-state index in [4.69, 9.17) is 32.7 Å². The predicted octanol–water partition coefficient (Wildman–Crippen LogP) is 7.72. The molecule has 0 aromatic heterocycles. The van der Waals surface area contributed by atoms with Crippen LogP contribution in [0.25, 0.3) is 6.08 Å². The van der Waals surface area contributed by atoms with Crippen molar-refractivity contribution in [2.75, 3.05) is 7.11 Å².